The second kappa shape index (κ2) is 8.91. The molecular formula is C19H21IO5S2. The van der Waals surface area contributed by atoms with Gasteiger partial charge in [0, 0.05) is 11.0 Å². The first kappa shape index (κ1) is 20.6. The van der Waals surface area contributed by atoms with Crippen molar-refractivity contribution in [1.29, 1.82) is 0 Å². The fraction of sp³-hybridized carbons (Fsp3) is 0.368. The largest absolute Gasteiger partial charge is 0.504 e. The Morgan fingerprint density at radius 3 is 2.04 bits per heavy atom. The molecule has 2 aromatic carbocycles. The summed E-state index contributed by atoms with van der Waals surface area (Å²) < 4.78 is 22.8. The Kier molecular flexibility index (Phi) is 6.80. The molecule has 8 heteroatoms. The van der Waals surface area contributed by atoms with Crippen LogP contribution in [0.15, 0.2) is 24.3 Å². The van der Waals surface area contributed by atoms with Gasteiger partial charge in [-0.15, -0.1) is 23.5 Å². The molecule has 1 N–H and O–H groups in total. The standard InChI is InChI=1S/C19H21IO5S2/c1-22-14-7-10(8-15(23-2)18(14)25-4)16-9-26-19(27-16)11-5-12(20)17(24-3)13(21)6-11/h5-8,16,19,21H,9H2,1-4H3. The van der Waals surface area contributed by atoms with Gasteiger partial charge in [0.25, 0.3) is 0 Å². The van der Waals surface area contributed by atoms with E-state index in [1.807, 2.05) is 35.7 Å². The van der Waals surface area contributed by atoms with E-state index in [-0.39, 0.29) is 15.6 Å². The summed E-state index contributed by atoms with van der Waals surface area (Å²) in [5.74, 6) is 3.59. The third-order valence-electron chi connectivity index (χ3n) is 4.27. The number of hydrogen-bond donors (Lipinski definition) is 1. The molecule has 0 radical (unpaired) electrons. The molecule has 2 unspecified atom stereocenters. The molecule has 1 heterocycles. The summed E-state index contributed by atoms with van der Waals surface area (Å²) in [7, 11) is 6.43. The number of methoxy groups -OCH3 is 4. The normalized spacial score (nSPS) is 19.0. The third kappa shape index (κ3) is 4.17. The van der Waals surface area contributed by atoms with Crippen LogP contribution in [0.2, 0.25) is 0 Å². The second-order valence-electron chi connectivity index (χ2n) is 5.80. The molecule has 146 valence electrons. The maximum atomic E-state index is 10.2. The van der Waals surface area contributed by atoms with Gasteiger partial charge in [-0.3, -0.25) is 0 Å². The highest BCUT2D eigenvalue weighted by molar-refractivity contribution is 14.1. The van der Waals surface area contributed by atoms with E-state index in [2.05, 4.69) is 28.7 Å². The van der Waals surface area contributed by atoms with E-state index in [0.717, 1.165) is 20.4 Å². The van der Waals surface area contributed by atoms with E-state index in [1.165, 1.54) is 0 Å². The van der Waals surface area contributed by atoms with Gasteiger partial charge in [-0.25, -0.2) is 0 Å². The quantitative estimate of drug-likeness (QED) is 0.523. The number of halogens is 1. The minimum absolute atomic E-state index is 0.178. The maximum Gasteiger partial charge on any atom is 0.203 e. The van der Waals surface area contributed by atoms with Crippen molar-refractivity contribution in [2.75, 3.05) is 34.2 Å². The number of thioether (sulfide) groups is 2. The van der Waals surface area contributed by atoms with Gasteiger partial charge < -0.3 is 24.1 Å². The van der Waals surface area contributed by atoms with Crippen LogP contribution in [0, 0.1) is 3.57 Å². The zero-order valence-electron chi connectivity index (χ0n) is 15.4. The van der Waals surface area contributed by atoms with Crippen molar-refractivity contribution in [2.45, 2.75) is 9.83 Å². The van der Waals surface area contributed by atoms with Gasteiger partial charge in [-0.1, -0.05) is 0 Å². The zero-order valence-corrected chi connectivity index (χ0v) is 19.2. The van der Waals surface area contributed by atoms with Gasteiger partial charge in [-0.05, 0) is 58.0 Å². The monoisotopic (exact) mass is 520 g/mol. The summed E-state index contributed by atoms with van der Waals surface area (Å²) in [6.45, 7) is 0. The molecule has 1 aliphatic rings. The molecule has 0 aromatic heterocycles. The fourth-order valence-electron chi connectivity index (χ4n) is 2.98. The van der Waals surface area contributed by atoms with Gasteiger partial charge >= 0.3 is 0 Å². The minimum Gasteiger partial charge on any atom is -0.504 e. The van der Waals surface area contributed by atoms with Crippen LogP contribution in [0.4, 0.5) is 0 Å². The number of phenols is 1. The molecule has 0 amide bonds. The molecule has 5 nitrogen and oxygen atoms in total. The van der Waals surface area contributed by atoms with Crippen LogP contribution in [-0.4, -0.2) is 39.3 Å². The molecule has 3 rings (SSSR count). The van der Waals surface area contributed by atoms with Crippen LogP contribution >= 0.6 is 46.1 Å². The Balaban J connectivity index is 1.86. The van der Waals surface area contributed by atoms with Gasteiger partial charge in [0.05, 0.1) is 36.6 Å². The Bertz CT molecular complexity index is 782. The van der Waals surface area contributed by atoms with Crippen LogP contribution < -0.4 is 18.9 Å². The number of phenolic OH excluding ortho intramolecular Hbond substituents is 1. The maximum absolute atomic E-state index is 10.2. The Labute approximate surface area is 181 Å². The predicted octanol–water partition coefficient (Wildman–Crippen LogP) is 5.25. The van der Waals surface area contributed by atoms with Crippen molar-refractivity contribution >= 4 is 46.1 Å². The highest BCUT2D eigenvalue weighted by Crippen LogP contribution is 2.57. The molecule has 27 heavy (non-hydrogen) atoms. The first-order valence-electron chi connectivity index (χ1n) is 8.15. The molecule has 0 aliphatic carbocycles. The van der Waals surface area contributed by atoms with Crippen LogP contribution in [0.25, 0.3) is 0 Å². The molecule has 1 saturated heterocycles. The van der Waals surface area contributed by atoms with Crippen molar-refractivity contribution in [1.82, 2.24) is 0 Å². The fourth-order valence-corrected chi connectivity index (χ4v) is 7.09. The molecule has 0 spiro atoms. The van der Waals surface area contributed by atoms with Crippen molar-refractivity contribution in [3.05, 3.63) is 39.0 Å². The van der Waals surface area contributed by atoms with Gasteiger partial charge in [0.15, 0.2) is 23.0 Å². The lowest BCUT2D eigenvalue weighted by molar-refractivity contribution is 0.324. The summed E-state index contributed by atoms with van der Waals surface area (Å²) >= 11 is 5.91. The molecule has 0 saturated carbocycles. The van der Waals surface area contributed by atoms with Crippen LogP contribution in [0.1, 0.15) is 21.0 Å². The molecule has 2 atom stereocenters. The van der Waals surface area contributed by atoms with Crippen LogP contribution in [0.3, 0.4) is 0 Å². The van der Waals surface area contributed by atoms with E-state index in [0.29, 0.717) is 23.0 Å². The number of ether oxygens (including phenoxy) is 4. The van der Waals surface area contributed by atoms with Gasteiger partial charge in [0.2, 0.25) is 5.75 Å². The predicted molar refractivity (Wildman–Crippen MR) is 119 cm³/mol. The average Bonchev–Trinajstić information content (AvgIpc) is 3.16. The minimum atomic E-state index is 0.178. The molecule has 2 aromatic rings. The smallest absolute Gasteiger partial charge is 0.203 e. The summed E-state index contributed by atoms with van der Waals surface area (Å²) in [6, 6.07) is 7.89. The van der Waals surface area contributed by atoms with Gasteiger partial charge in [0.1, 0.15) is 0 Å². The Morgan fingerprint density at radius 1 is 0.889 bits per heavy atom. The van der Waals surface area contributed by atoms with E-state index < -0.39 is 0 Å². The second-order valence-corrected chi connectivity index (χ2v) is 9.72. The van der Waals surface area contributed by atoms with E-state index in [4.69, 9.17) is 18.9 Å². The lowest BCUT2D eigenvalue weighted by Crippen LogP contribution is -1.99. The van der Waals surface area contributed by atoms with Crippen LogP contribution in [0.5, 0.6) is 28.7 Å². The van der Waals surface area contributed by atoms with E-state index in [1.54, 1.807) is 34.5 Å². The first-order valence-corrected chi connectivity index (χ1v) is 11.2. The lowest BCUT2D eigenvalue weighted by atomic mass is 10.1. The van der Waals surface area contributed by atoms with Crippen molar-refractivity contribution < 1.29 is 24.1 Å². The first-order chi connectivity index (χ1) is 13.0. The van der Waals surface area contributed by atoms with Crippen LogP contribution in [-0.2, 0) is 0 Å². The third-order valence-corrected chi connectivity index (χ3v) is 8.41. The Hall–Kier alpha value is -1.13. The van der Waals surface area contributed by atoms with Crippen molar-refractivity contribution in [3.63, 3.8) is 0 Å². The molecule has 1 fully saturated rings. The average molecular weight is 520 g/mol. The van der Waals surface area contributed by atoms with Gasteiger partial charge in [-0.2, -0.15) is 0 Å². The summed E-state index contributed by atoms with van der Waals surface area (Å²) in [5, 5.41) is 10.5. The summed E-state index contributed by atoms with van der Waals surface area (Å²) in [5.41, 5.74) is 2.22. The number of benzene rings is 2. The lowest BCUT2D eigenvalue weighted by Gasteiger charge is -2.17. The summed E-state index contributed by atoms with van der Waals surface area (Å²) in [4.78, 5) is 0. The molecule has 0 bridgehead atoms. The highest BCUT2D eigenvalue weighted by atomic mass is 127. The van der Waals surface area contributed by atoms with Crippen molar-refractivity contribution in [2.24, 2.45) is 0 Å². The summed E-state index contributed by atoms with van der Waals surface area (Å²) in [6.07, 6.45) is 0. The SMILES string of the molecule is COc1cc(C2CSC(c3cc(O)c(OC)c(I)c3)S2)cc(OC)c1OC. The van der Waals surface area contributed by atoms with E-state index >= 15 is 0 Å². The number of hydrogen-bond acceptors (Lipinski definition) is 7. The topological polar surface area (TPSA) is 57.2 Å². The number of aromatic hydroxyl groups is 1. The zero-order chi connectivity index (χ0) is 19.6. The van der Waals surface area contributed by atoms with E-state index in [9.17, 15) is 5.11 Å². The van der Waals surface area contributed by atoms with Crippen molar-refractivity contribution in [3.8, 4) is 28.7 Å². The molecule has 1 aliphatic heterocycles. The Morgan fingerprint density at radius 2 is 1.52 bits per heavy atom. The number of rotatable bonds is 6. The highest BCUT2D eigenvalue weighted by Gasteiger charge is 2.31. The molecular weight excluding hydrogens is 499 g/mol.